The standard InChI is InChI=1S/C31H43ClN4O5/c1-7-33-26(37)19-24(17-22-13-15-23(32)16-14-22)34-29(39)27(20(2)3)36-28(38)25(18-21-11-9-8-10-12-21)35-30(40)41-31(4,5)6/h8-16,20,24-25,27H,7,17-19H2,1-6H3,(H,33,37)(H,34,39)(H,35,40)(H,36,38)/t24-,25-,27-/m0/s1. The Morgan fingerprint density at radius 2 is 1.44 bits per heavy atom. The maximum Gasteiger partial charge on any atom is 0.408 e. The van der Waals surface area contributed by atoms with Gasteiger partial charge in [0.25, 0.3) is 0 Å². The topological polar surface area (TPSA) is 126 Å². The van der Waals surface area contributed by atoms with Crippen LogP contribution in [-0.2, 0) is 32.0 Å². The van der Waals surface area contributed by atoms with Crippen molar-refractivity contribution in [1.82, 2.24) is 21.3 Å². The fourth-order valence-corrected chi connectivity index (χ4v) is 4.29. The van der Waals surface area contributed by atoms with Gasteiger partial charge in [-0.15, -0.1) is 0 Å². The molecule has 2 aromatic rings. The maximum atomic E-state index is 13.5. The van der Waals surface area contributed by atoms with Gasteiger partial charge in [0.15, 0.2) is 0 Å². The Morgan fingerprint density at radius 1 is 0.829 bits per heavy atom. The van der Waals surface area contributed by atoms with Gasteiger partial charge >= 0.3 is 6.09 Å². The molecule has 0 aliphatic rings. The first-order valence-corrected chi connectivity index (χ1v) is 14.3. The third-order valence-electron chi connectivity index (χ3n) is 6.08. The molecule has 0 unspecified atom stereocenters. The number of carbonyl (C=O) groups excluding carboxylic acids is 4. The SMILES string of the molecule is CCNC(=O)C[C@H](Cc1ccc(Cl)cc1)NC(=O)[C@@H](NC(=O)[C@H](Cc1ccccc1)NC(=O)OC(C)(C)C)C(C)C. The predicted molar refractivity (Wildman–Crippen MR) is 160 cm³/mol. The van der Waals surface area contributed by atoms with Crippen LogP contribution in [-0.4, -0.2) is 54.1 Å². The zero-order valence-corrected chi connectivity index (χ0v) is 25.5. The van der Waals surface area contributed by atoms with Gasteiger partial charge in [-0.2, -0.15) is 0 Å². The van der Waals surface area contributed by atoms with Crippen molar-refractivity contribution in [2.75, 3.05) is 6.54 Å². The largest absolute Gasteiger partial charge is 0.444 e. The maximum absolute atomic E-state index is 13.5. The molecule has 10 heteroatoms. The third kappa shape index (κ3) is 12.6. The first-order valence-electron chi connectivity index (χ1n) is 13.9. The highest BCUT2D eigenvalue weighted by atomic mass is 35.5. The second kappa shape index (κ2) is 16.0. The number of halogens is 1. The molecule has 0 aliphatic carbocycles. The van der Waals surface area contributed by atoms with E-state index in [0.29, 0.717) is 18.0 Å². The highest BCUT2D eigenvalue weighted by Gasteiger charge is 2.31. The van der Waals surface area contributed by atoms with E-state index in [1.165, 1.54) is 0 Å². The van der Waals surface area contributed by atoms with E-state index >= 15 is 0 Å². The van der Waals surface area contributed by atoms with Crippen LogP contribution < -0.4 is 21.3 Å². The predicted octanol–water partition coefficient (Wildman–Crippen LogP) is 4.17. The lowest BCUT2D eigenvalue weighted by Crippen LogP contribution is -2.57. The van der Waals surface area contributed by atoms with Gasteiger partial charge in [-0.3, -0.25) is 14.4 Å². The number of alkyl carbamates (subject to hydrolysis) is 1. The molecule has 0 radical (unpaired) electrons. The lowest BCUT2D eigenvalue weighted by Gasteiger charge is -2.28. The minimum absolute atomic E-state index is 0.0673. The van der Waals surface area contributed by atoms with E-state index in [1.54, 1.807) is 32.9 Å². The van der Waals surface area contributed by atoms with Crippen LogP contribution in [0.3, 0.4) is 0 Å². The number of amides is 4. The summed E-state index contributed by atoms with van der Waals surface area (Å²) in [4.78, 5) is 52.0. The summed E-state index contributed by atoms with van der Waals surface area (Å²) in [5.74, 6) is -1.42. The average molecular weight is 587 g/mol. The Hall–Kier alpha value is -3.59. The molecule has 0 bridgehead atoms. The van der Waals surface area contributed by atoms with Crippen LogP contribution in [0.4, 0.5) is 4.79 Å². The van der Waals surface area contributed by atoms with Gasteiger partial charge in [-0.05, 0) is 63.3 Å². The summed E-state index contributed by atoms with van der Waals surface area (Å²) in [5, 5.41) is 11.8. The van der Waals surface area contributed by atoms with E-state index in [0.717, 1.165) is 11.1 Å². The molecule has 0 saturated carbocycles. The number of carbonyl (C=O) groups is 4. The summed E-state index contributed by atoms with van der Waals surface area (Å²) in [7, 11) is 0. The Kier molecular flexibility index (Phi) is 13.1. The monoisotopic (exact) mass is 586 g/mol. The first kappa shape index (κ1) is 33.6. The summed E-state index contributed by atoms with van der Waals surface area (Å²) in [6.07, 6.45) is -0.0635. The zero-order valence-electron chi connectivity index (χ0n) is 24.8. The molecular formula is C31H43ClN4O5. The molecule has 4 N–H and O–H groups in total. The Labute approximate surface area is 248 Å². The van der Waals surface area contributed by atoms with Crippen molar-refractivity contribution in [3.8, 4) is 0 Å². The number of ether oxygens (including phenoxy) is 1. The van der Waals surface area contributed by atoms with Gasteiger partial charge in [-0.1, -0.05) is 67.9 Å². The van der Waals surface area contributed by atoms with Gasteiger partial charge < -0.3 is 26.0 Å². The lowest BCUT2D eigenvalue weighted by molar-refractivity contribution is -0.131. The molecule has 0 aliphatic heterocycles. The minimum Gasteiger partial charge on any atom is -0.444 e. The van der Waals surface area contributed by atoms with E-state index in [2.05, 4.69) is 21.3 Å². The second-order valence-corrected chi connectivity index (χ2v) is 11.7. The van der Waals surface area contributed by atoms with Gasteiger partial charge in [-0.25, -0.2) is 4.79 Å². The second-order valence-electron chi connectivity index (χ2n) is 11.3. The van der Waals surface area contributed by atoms with Crippen molar-refractivity contribution in [1.29, 1.82) is 0 Å². The Balaban J connectivity index is 2.22. The Morgan fingerprint density at radius 3 is 2.00 bits per heavy atom. The fraction of sp³-hybridized carbons (Fsp3) is 0.484. The molecule has 3 atom stereocenters. The van der Waals surface area contributed by atoms with Crippen molar-refractivity contribution >= 4 is 35.4 Å². The molecular weight excluding hydrogens is 544 g/mol. The van der Waals surface area contributed by atoms with E-state index in [-0.39, 0.29) is 24.7 Å². The van der Waals surface area contributed by atoms with Gasteiger partial charge in [0.2, 0.25) is 17.7 Å². The van der Waals surface area contributed by atoms with E-state index in [9.17, 15) is 19.2 Å². The number of benzene rings is 2. The van der Waals surface area contributed by atoms with Crippen LogP contribution in [0.1, 0.15) is 59.1 Å². The molecule has 0 heterocycles. The summed E-state index contributed by atoms with van der Waals surface area (Å²) in [6, 6.07) is 14.0. The van der Waals surface area contributed by atoms with Crippen LogP contribution >= 0.6 is 11.6 Å². The first-order chi connectivity index (χ1) is 19.3. The van der Waals surface area contributed by atoms with Crippen molar-refractivity contribution in [2.24, 2.45) is 5.92 Å². The molecule has 0 fully saturated rings. The minimum atomic E-state index is -0.985. The van der Waals surface area contributed by atoms with Crippen molar-refractivity contribution in [2.45, 2.75) is 84.5 Å². The van der Waals surface area contributed by atoms with Crippen LogP contribution in [0, 0.1) is 5.92 Å². The normalized spacial score (nSPS) is 13.5. The van der Waals surface area contributed by atoms with Crippen LogP contribution in [0.15, 0.2) is 54.6 Å². The summed E-state index contributed by atoms with van der Waals surface area (Å²) in [5.41, 5.74) is 0.985. The van der Waals surface area contributed by atoms with E-state index in [1.807, 2.05) is 63.2 Å². The van der Waals surface area contributed by atoms with Crippen molar-refractivity contribution in [3.05, 3.63) is 70.7 Å². The Bertz CT molecular complexity index is 1150. The van der Waals surface area contributed by atoms with E-state index < -0.39 is 41.6 Å². The number of rotatable bonds is 13. The number of nitrogens with one attached hydrogen (secondary N) is 4. The zero-order chi connectivity index (χ0) is 30.6. The highest BCUT2D eigenvalue weighted by molar-refractivity contribution is 6.30. The molecule has 0 saturated heterocycles. The summed E-state index contributed by atoms with van der Waals surface area (Å²) >= 11 is 6.01. The van der Waals surface area contributed by atoms with Gasteiger partial charge in [0.05, 0.1) is 0 Å². The van der Waals surface area contributed by atoms with Crippen molar-refractivity contribution in [3.63, 3.8) is 0 Å². The lowest BCUT2D eigenvalue weighted by atomic mass is 9.98. The van der Waals surface area contributed by atoms with Gasteiger partial charge in [0, 0.05) is 30.5 Å². The summed E-state index contributed by atoms with van der Waals surface area (Å²) in [6.45, 7) is 11.1. The molecule has 0 spiro atoms. The quantitative estimate of drug-likeness (QED) is 0.280. The third-order valence-corrected chi connectivity index (χ3v) is 6.34. The smallest absolute Gasteiger partial charge is 0.408 e. The molecule has 224 valence electrons. The summed E-state index contributed by atoms with van der Waals surface area (Å²) < 4.78 is 5.37. The molecule has 41 heavy (non-hydrogen) atoms. The van der Waals surface area contributed by atoms with Crippen LogP contribution in [0.25, 0.3) is 0 Å². The number of hydrogen-bond acceptors (Lipinski definition) is 5. The van der Waals surface area contributed by atoms with E-state index in [4.69, 9.17) is 16.3 Å². The van der Waals surface area contributed by atoms with Crippen LogP contribution in [0.5, 0.6) is 0 Å². The highest BCUT2D eigenvalue weighted by Crippen LogP contribution is 2.14. The van der Waals surface area contributed by atoms with Crippen LogP contribution in [0.2, 0.25) is 5.02 Å². The van der Waals surface area contributed by atoms with Gasteiger partial charge in [0.1, 0.15) is 17.7 Å². The number of hydrogen-bond donors (Lipinski definition) is 4. The molecule has 0 aromatic heterocycles. The van der Waals surface area contributed by atoms with Crippen molar-refractivity contribution < 1.29 is 23.9 Å². The fourth-order valence-electron chi connectivity index (χ4n) is 4.16. The molecule has 2 rings (SSSR count). The molecule has 9 nitrogen and oxygen atoms in total. The molecule has 4 amide bonds. The molecule has 2 aromatic carbocycles. The average Bonchev–Trinajstić information content (AvgIpc) is 2.87.